The van der Waals surface area contributed by atoms with Crippen molar-refractivity contribution >= 4 is 23.5 Å². The highest BCUT2D eigenvalue weighted by Gasteiger charge is 2.49. The molecule has 9 nitrogen and oxygen atoms in total. The first-order valence-corrected chi connectivity index (χ1v) is 12.0. The van der Waals surface area contributed by atoms with Crippen LogP contribution in [-0.4, -0.2) is 48.2 Å². The minimum Gasteiger partial charge on any atom is -0.489 e. The molecule has 4 amide bonds. The fourth-order valence-corrected chi connectivity index (χ4v) is 5.10. The Kier molecular flexibility index (Phi) is 5.48. The number of amides is 4. The van der Waals surface area contributed by atoms with E-state index in [2.05, 4.69) is 5.32 Å². The molecule has 3 aromatic rings. The van der Waals surface area contributed by atoms with Gasteiger partial charge in [0.15, 0.2) is 11.5 Å². The number of para-hydroxylation sites is 2. The second-order valence-electron chi connectivity index (χ2n) is 9.49. The first-order valence-electron chi connectivity index (χ1n) is 12.0. The van der Waals surface area contributed by atoms with Gasteiger partial charge in [0.1, 0.15) is 24.4 Å². The third-order valence-corrected chi connectivity index (χ3v) is 6.92. The molecule has 9 heteroatoms. The minimum atomic E-state index is -1.20. The summed E-state index contributed by atoms with van der Waals surface area (Å²) in [6, 6.07) is 21.2. The maximum absolute atomic E-state index is 13.8. The lowest BCUT2D eigenvalue weighted by atomic mass is 9.92. The van der Waals surface area contributed by atoms with Gasteiger partial charge in [-0.05, 0) is 42.3 Å². The van der Waals surface area contributed by atoms with Gasteiger partial charge in [0.05, 0.1) is 11.7 Å². The second-order valence-corrected chi connectivity index (χ2v) is 9.49. The second kappa shape index (κ2) is 8.85. The van der Waals surface area contributed by atoms with E-state index in [4.69, 9.17) is 14.2 Å². The summed E-state index contributed by atoms with van der Waals surface area (Å²) < 4.78 is 16.7. The van der Waals surface area contributed by atoms with Gasteiger partial charge in [0, 0.05) is 6.42 Å². The molecule has 1 saturated heterocycles. The lowest BCUT2D eigenvalue weighted by Crippen LogP contribution is -2.49. The molecule has 3 aromatic carbocycles. The SMILES string of the molecule is C[C@@]1(Cc2ccc3c(c2)OCO3)NC(=O)N(CC(=O)N2c3ccccc3OC[C@H]2c2ccccc2)C1=O. The Balaban J connectivity index is 1.25. The van der Waals surface area contributed by atoms with Crippen molar-refractivity contribution in [3.8, 4) is 17.2 Å². The molecule has 188 valence electrons. The van der Waals surface area contributed by atoms with Crippen molar-refractivity contribution in [2.75, 3.05) is 24.8 Å². The van der Waals surface area contributed by atoms with Crippen LogP contribution in [0.15, 0.2) is 72.8 Å². The predicted octanol–water partition coefficient (Wildman–Crippen LogP) is 3.44. The molecule has 0 radical (unpaired) electrons. The zero-order chi connectivity index (χ0) is 25.6. The number of anilines is 1. The quantitative estimate of drug-likeness (QED) is 0.541. The van der Waals surface area contributed by atoms with Crippen molar-refractivity contribution in [1.82, 2.24) is 10.2 Å². The Morgan fingerprint density at radius 2 is 1.70 bits per heavy atom. The van der Waals surface area contributed by atoms with Crippen molar-refractivity contribution in [1.29, 1.82) is 0 Å². The molecule has 37 heavy (non-hydrogen) atoms. The number of fused-ring (bicyclic) bond motifs is 2. The zero-order valence-corrected chi connectivity index (χ0v) is 20.2. The van der Waals surface area contributed by atoms with Gasteiger partial charge in [-0.1, -0.05) is 48.5 Å². The predicted molar refractivity (Wildman–Crippen MR) is 134 cm³/mol. The molecule has 0 aliphatic carbocycles. The summed E-state index contributed by atoms with van der Waals surface area (Å²) in [5.41, 5.74) is 1.10. The molecular weight excluding hydrogens is 474 g/mol. The van der Waals surface area contributed by atoms with Crippen LogP contribution < -0.4 is 24.4 Å². The number of ether oxygens (including phenoxy) is 3. The summed E-state index contributed by atoms with van der Waals surface area (Å²) >= 11 is 0. The number of benzene rings is 3. The van der Waals surface area contributed by atoms with Crippen LogP contribution in [0.1, 0.15) is 24.1 Å². The number of imide groups is 1. The van der Waals surface area contributed by atoms with Gasteiger partial charge in [-0.2, -0.15) is 0 Å². The van der Waals surface area contributed by atoms with Crippen LogP contribution in [0.3, 0.4) is 0 Å². The van der Waals surface area contributed by atoms with E-state index in [0.717, 1.165) is 16.0 Å². The van der Waals surface area contributed by atoms with E-state index >= 15 is 0 Å². The highest BCUT2D eigenvalue weighted by Crippen LogP contribution is 2.40. The fraction of sp³-hybridized carbons (Fsp3) is 0.250. The van der Waals surface area contributed by atoms with Crippen LogP contribution in [0, 0.1) is 0 Å². The molecule has 1 fully saturated rings. The van der Waals surface area contributed by atoms with E-state index in [1.54, 1.807) is 36.1 Å². The van der Waals surface area contributed by atoms with Crippen LogP contribution in [-0.2, 0) is 16.0 Å². The summed E-state index contributed by atoms with van der Waals surface area (Å²) in [5.74, 6) is 0.985. The molecule has 0 bridgehead atoms. The highest BCUT2D eigenvalue weighted by molar-refractivity contribution is 6.10. The Morgan fingerprint density at radius 1 is 0.946 bits per heavy atom. The number of carbonyl (C=O) groups is 3. The normalized spacial score (nSPS) is 21.9. The Morgan fingerprint density at radius 3 is 2.54 bits per heavy atom. The van der Waals surface area contributed by atoms with Crippen LogP contribution >= 0.6 is 0 Å². The average Bonchev–Trinajstić information content (AvgIpc) is 3.46. The summed E-state index contributed by atoms with van der Waals surface area (Å²) in [7, 11) is 0. The van der Waals surface area contributed by atoms with Crippen LogP contribution in [0.4, 0.5) is 10.5 Å². The van der Waals surface area contributed by atoms with Crippen LogP contribution in [0.5, 0.6) is 17.2 Å². The van der Waals surface area contributed by atoms with Gasteiger partial charge in [-0.3, -0.25) is 19.4 Å². The number of urea groups is 1. The van der Waals surface area contributed by atoms with Crippen molar-refractivity contribution in [2.24, 2.45) is 0 Å². The topological polar surface area (TPSA) is 97.4 Å². The maximum atomic E-state index is 13.8. The molecule has 6 rings (SSSR count). The number of rotatable bonds is 5. The number of nitrogens with one attached hydrogen (secondary N) is 1. The Labute approximate surface area is 213 Å². The molecule has 0 aromatic heterocycles. The molecule has 1 N–H and O–H groups in total. The summed E-state index contributed by atoms with van der Waals surface area (Å²) in [4.78, 5) is 42.8. The molecule has 3 aliphatic rings. The van der Waals surface area contributed by atoms with Crippen molar-refractivity contribution in [2.45, 2.75) is 24.9 Å². The summed E-state index contributed by atoms with van der Waals surface area (Å²) in [5, 5.41) is 2.79. The van der Waals surface area contributed by atoms with Gasteiger partial charge >= 0.3 is 6.03 Å². The maximum Gasteiger partial charge on any atom is 0.325 e. The third-order valence-electron chi connectivity index (χ3n) is 6.92. The van der Waals surface area contributed by atoms with Crippen LogP contribution in [0.25, 0.3) is 0 Å². The first kappa shape index (κ1) is 22.9. The molecule has 2 atom stereocenters. The van der Waals surface area contributed by atoms with Crippen molar-refractivity contribution in [3.63, 3.8) is 0 Å². The molecule has 3 heterocycles. The summed E-state index contributed by atoms with van der Waals surface area (Å²) in [6.45, 7) is 1.68. The van der Waals surface area contributed by atoms with E-state index < -0.39 is 23.5 Å². The molecule has 0 spiro atoms. The van der Waals surface area contributed by atoms with E-state index in [0.29, 0.717) is 22.9 Å². The lowest BCUT2D eigenvalue weighted by molar-refractivity contribution is -0.134. The zero-order valence-electron chi connectivity index (χ0n) is 20.2. The van der Waals surface area contributed by atoms with E-state index in [1.165, 1.54) is 0 Å². The number of nitrogens with zero attached hydrogens (tertiary/aromatic N) is 2. The minimum absolute atomic E-state index is 0.149. The van der Waals surface area contributed by atoms with Crippen molar-refractivity contribution < 1.29 is 28.6 Å². The number of carbonyl (C=O) groups excluding carboxylic acids is 3. The third kappa shape index (κ3) is 4.02. The van der Waals surface area contributed by atoms with E-state index in [-0.39, 0.29) is 32.3 Å². The van der Waals surface area contributed by atoms with Gasteiger partial charge in [-0.25, -0.2) is 4.79 Å². The van der Waals surface area contributed by atoms with Crippen molar-refractivity contribution in [3.05, 3.63) is 83.9 Å². The van der Waals surface area contributed by atoms with Gasteiger partial charge in [-0.15, -0.1) is 0 Å². The van der Waals surface area contributed by atoms with E-state index in [9.17, 15) is 14.4 Å². The first-order chi connectivity index (χ1) is 17.9. The average molecular weight is 500 g/mol. The monoisotopic (exact) mass is 499 g/mol. The summed E-state index contributed by atoms with van der Waals surface area (Å²) in [6.07, 6.45) is 0.242. The van der Waals surface area contributed by atoms with Crippen LogP contribution in [0.2, 0.25) is 0 Å². The smallest absolute Gasteiger partial charge is 0.325 e. The fourth-order valence-electron chi connectivity index (χ4n) is 5.10. The number of hydrogen-bond acceptors (Lipinski definition) is 6. The highest BCUT2D eigenvalue weighted by atomic mass is 16.7. The van der Waals surface area contributed by atoms with Gasteiger partial charge in [0.2, 0.25) is 12.7 Å². The van der Waals surface area contributed by atoms with Gasteiger partial charge < -0.3 is 19.5 Å². The standard InChI is InChI=1S/C28H25N3O6/c1-28(14-18-11-12-23-24(13-18)37-17-36-23)26(33)30(27(34)29-28)15-25(32)31-20-9-5-6-10-22(20)35-16-21(31)19-7-3-2-4-8-19/h2-13,21H,14-17H2,1H3,(H,29,34)/t21-,28-/m0/s1. The van der Waals surface area contributed by atoms with Gasteiger partial charge in [0.25, 0.3) is 5.91 Å². The molecule has 0 unspecified atom stereocenters. The molecule has 3 aliphatic heterocycles. The molecule has 0 saturated carbocycles. The largest absolute Gasteiger partial charge is 0.489 e. The number of hydrogen-bond donors (Lipinski definition) is 1. The van der Waals surface area contributed by atoms with E-state index in [1.807, 2.05) is 48.5 Å². The lowest BCUT2D eigenvalue weighted by Gasteiger charge is -2.37. The Bertz CT molecular complexity index is 1390. The molecular formula is C28H25N3O6. The Hall–Kier alpha value is -4.53.